The van der Waals surface area contributed by atoms with Gasteiger partial charge in [-0.15, -0.1) is 0 Å². The lowest BCUT2D eigenvalue weighted by Crippen LogP contribution is -2.05. The molecular formula is C9H14N2O. The predicted octanol–water partition coefficient (Wildman–Crippen LogP) is 0.947. The highest BCUT2D eigenvalue weighted by Crippen LogP contribution is 2.01. The Balaban J connectivity index is 2.67. The third-order valence-electron chi connectivity index (χ3n) is 1.55. The summed E-state index contributed by atoms with van der Waals surface area (Å²) in [4.78, 5) is 4.16. The summed E-state index contributed by atoms with van der Waals surface area (Å²) in [6, 6.07) is 4.04. The number of nitrogens with zero attached hydrogens (tertiary/aromatic N) is 1. The van der Waals surface area contributed by atoms with Crippen molar-refractivity contribution in [3.63, 3.8) is 0 Å². The molecule has 1 aromatic rings. The molecule has 0 unspecified atom stereocenters. The summed E-state index contributed by atoms with van der Waals surface area (Å²) < 4.78 is 4.98. The maximum atomic E-state index is 4.98. The monoisotopic (exact) mass is 166 g/mol. The van der Waals surface area contributed by atoms with Gasteiger partial charge in [-0.1, -0.05) is 0 Å². The molecule has 12 heavy (non-hydrogen) atoms. The summed E-state index contributed by atoms with van der Waals surface area (Å²) in [6.45, 7) is 1.46. The number of hydrogen-bond acceptors (Lipinski definition) is 3. The Morgan fingerprint density at radius 1 is 1.58 bits per heavy atom. The van der Waals surface area contributed by atoms with Gasteiger partial charge in [-0.3, -0.25) is 4.98 Å². The quantitative estimate of drug-likeness (QED) is 0.723. The lowest BCUT2D eigenvalue weighted by Gasteiger charge is -2.02. The zero-order valence-corrected chi connectivity index (χ0v) is 7.50. The van der Waals surface area contributed by atoms with E-state index in [4.69, 9.17) is 4.74 Å². The molecule has 1 heterocycles. The smallest absolute Gasteiger partial charge is 0.0884 e. The number of pyridine rings is 1. The molecule has 1 aromatic heterocycles. The Kier molecular flexibility index (Phi) is 3.70. The van der Waals surface area contributed by atoms with Crippen LogP contribution in [0.2, 0.25) is 0 Å². The van der Waals surface area contributed by atoms with Crippen molar-refractivity contribution in [2.45, 2.75) is 13.2 Å². The van der Waals surface area contributed by atoms with E-state index in [-0.39, 0.29) is 0 Å². The number of methoxy groups -OCH3 is 1. The fourth-order valence-electron chi connectivity index (χ4n) is 1.07. The molecule has 0 saturated heterocycles. The van der Waals surface area contributed by atoms with Crippen molar-refractivity contribution in [3.05, 3.63) is 29.6 Å². The Morgan fingerprint density at radius 2 is 2.42 bits per heavy atom. The Morgan fingerprint density at radius 3 is 3.08 bits per heavy atom. The number of nitrogens with one attached hydrogen (secondary N) is 1. The molecular weight excluding hydrogens is 152 g/mol. The van der Waals surface area contributed by atoms with Gasteiger partial charge >= 0.3 is 0 Å². The van der Waals surface area contributed by atoms with Crippen LogP contribution in [0.1, 0.15) is 11.3 Å². The van der Waals surface area contributed by atoms with Gasteiger partial charge in [-0.2, -0.15) is 0 Å². The molecule has 3 heteroatoms. The summed E-state index contributed by atoms with van der Waals surface area (Å²) in [5, 5.41) is 3.08. The predicted molar refractivity (Wildman–Crippen MR) is 47.7 cm³/mol. The van der Waals surface area contributed by atoms with Crippen LogP contribution in [0, 0.1) is 0 Å². The first kappa shape index (κ1) is 9.16. The summed E-state index contributed by atoms with van der Waals surface area (Å²) in [7, 11) is 3.60. The average Bonchev–Trinajstić information content (AvgIpc) is 2.06. The van der Waals surface area contributed by atoms with Gasteiger partial charge < -0.3 is 10.1 Å². The van der Waals surface area contributed by atoms with E-state index < -0.39 is 0 Å². The topological polar surface area (TPSA) is 34.2 Å². The highest BCUT2D eigenvalue weighted by Gasteiger charge is 1.94. The van der Waals surface area contributed by atoms with Crippen LogP contribution in [0.3, 0.4) is 0 Å². The summed E-state index contributed by atoms with van der Waals surface area (Å²) in [6.07, 6.45) is 1.81. The van der Waals surface area contributed by atoms with Crippen LogP contribution in [-0.4, -0.2) is 19.1 Å². The van der Waals surface area contributed by atoms with Gasteiger partial charge in [0, 0.05) is 19.9 Å². The lowest BCUT2D eigenvalue weighted by molar-refractivity contribution is 0.181. The van der Waals surface area contributed by atoms with Crippen LogP contribution in [-0.2, 0) is 17.9 Å². The molecule has 0 aliphatic heterocycles. The van der Waals surface area contributed by atoms with E-state index in [2.05, 4.69) is 10.3 Å². The molecule has 0 aliphatic carbocycles. The maximum Gasteiger partial charge on any atom is 0.0884 e. The molecule has 1 N–H and O–H groups in total. The third kappa shape index (κ3) is 2.60. The van der Waals surface area contributed by atoms with Crippen molar-refractivity contribution in [1.82, 2.24) is 10.3 Å². The molecule has 66 valence electrons. The van der Waals surface area contributed by atoms with Crippen LogP contribution < -0.4 is 5.32 Å². The molecule has 0 radical (unpaired) electrons. The fraction of sp³-hybridized carbons (Fsp3) is 0.444. The van der Waals surface area contributed by atoms with Crippen LogP contribution in [0.5, 0.6) is 0 Å². The Labute approximate surface area is 72.8 Å². The van der Waals surface area contributed by atoms with E-state index in [1.807, 2.05) is 19.2 Å². The van der Waals surface area contributed by atoms with Gasteiger partial charge in [0.1, 0.15) is 0 Å². The zero-order chi connectivity index (χ0) is 8.81. The molecule has 0 fully saturated rings. The summed E-state index contributed by atoms with van der Waals surface area (Å²) in [5.41, 5.74) is 2.21. The molecule has 3 nitrogen and oxygen atoms in total. The van der Waals surface area contributed by atoms with E-state index in [9.17, 15) is 0 Å². The van der Waals surface area contributed by atoms with Gasteiger partial charge in [0.25, 0.3) is 0 Å². The SMILES string of the molecule is CNCc1ccnc(COC)c1. The van der Waals surface area contributed by atoms with Crippen molar-refractivity contribution in [1.29, 1.82) is 0 Å². The number of aromatic nitrogens is 1. The molecule has 0 atom stereocenters. The molecule has 0 amide bonds. The van der Waals surface area contributed by atoms with Crippen LogP contribution in [0.15, 0.2) is 18.3 Å². The van der Waals surface area contributed by atoms with E-state index in [1.165, 1.54) is 5.56 Å². The van der Waals surface area contributed by atoms with Crippen LogP contribution in [0.4, 0.5) is 0 Å². The Bertz CT molecular complexity index is 216. The molecule has 0 bridgehead atoms. The molecule has 0 aliphatic rings. The minimum atomic E-state index is 0.581. The minimum absolute atomic E-state index is 0.581. The highest BCUT2D eigenvalue weighted by molar-refractivity contribution is 5.15. The fourth-order valence-corrected chi connectivity index (χ4v) is 1.07. The van der Waals surface area contributed by atoms with Crippen molar-refractivity contribution in [3.8, 4) is 0 Å². The number of ether oxygens (including phenoxy) is 1. The number of hydrogen-bond donors (Lipinski definition) is 1. The van der Waals surface area contributed by atoms with E-state index in [0.29, 0.717) is 6.61 Å². The van der Waals surface area contributed by atoms with E-state index >= 15 is 0 Å². The van der Waals surface area contributed by atoms with Gasteiger partial charge in [0.15, 0.2) is 0 Å². The number of rotatable bonds is 4. The zero-order valence-electron chi connectivity index (χ0n) is 7.50. The molecule has 0 spiro atoms. The van der Waals surface area contributed by atoms with Crippen molar-refractivity contribution < 1.29 is 4.74 Å². The first-order valence-corrected chi connectivity index (χ1v) is 3.94. The van der Waals surface area contributed by atoms with Crippen LogP contribution >= 0.6 is 0 Å². The van der Waals surface area contributed by atoms with Crippen molar-refractivity contribution >= 4 is 0 Å². The van der Waals surface area contributed by atoms with Crippen molar-refractivity contribution in [2.75, 3.05) is 14.2 Å². The highest BCUT2D eigenvalue weighted by atomic mass is 16.5. The van der Waals surface area contributed by atoms with E-state index in [0.717, 1.165) is 12.2 Å². The summed E-state index contributed by atoms with van der Waals surface area (Å²) in [5.74, 6) is 0. The third-order valence-corrected chi connectivity index (χ3v) is 1.55. The minimum Gasteiger partial charge on any atom is -0.378 e. The molecule has 0 saturated carbocycles. The second-order valence-electron chi connectivity index (χ2n) is 2.62. The van der Waals surface area contributed by atoms with E-state index in [1.54, 1.807) is 13.3 Å². The van der Waals surface area contributed by atoms with Crippen LogP contribution in [0.25, 0.3) is 0 Å². The summed E-state index contributed by atoms with van der Waals surface area (Å²) >= 11 is 0. The first-order chi connectivity index (χ1) is 5.86. The second kappa shape index (κ2) is 4.85. The standard InChI is InChI=1S/C9H14N2O/c1-10-6-8-3-4-11-9(5-8)7-12-2/h3-5,10H,6-7H2,1-2H3. The maximum absolute atomic E-state index is 4.98. The molecule has 1 rings (SSSR count). The van der Waals surface area contributed by atoms with Crippen molar-refractivity contribution in [2.24, 2.45) is 0 Å². The normalized spacial score (nSPS) is 10.2. The van der Waals surface area contributed by atoms with Gasteiger partial charge in [0.2, 0.25) is 0 Å². The van der Waals surface area contributed by atoms with Gasteiger partial charge in [-0.25, -0.2) is 0 Å². The molecule has 0 aromatic carbocycles. The van der Waals surface area contributed by atoms with Gasteiger partial charge in [-0.05, 0) is 24.7 Å². The Hall–Kier alpha value is -0.930. The first-order valence-electron chi connectivity index (χ1n) is 3.94. The average molecular weight is 166 g/mol. The second-order valence-corrected chi connectivity index (χ2v) is 2.62. The van der Waals surface area contributed by atoms with Gasteiger partial charge in [0.05, 0.1) is 12.3 Å². The largest absolute Gasteiger partial charge is 0.378 e. The lowest BCUT2D eigenvalue weighted by atomic mass is 10.2.